The van der Waals surface area contributed by atoms with Gasteiger partial charge in [-0.2, -0.15) is 0 Å². The summed E-state index contributed by atoms with van der Waals surface area (Å²) in [6.07, 6.45) is 3.59. The summed E-state index contributed by atoms with van der Waals surface area (Å²) in [5.41, 5.74) is 9.41. The third kappa shape index (κ3) is 3.04. The Balaban J connectivity index is 1.31. The van der Waals surface area contributed by atoms with E-state index in [4.69, 9.17) is 13.3 Å². The summed E-state index contributed by atoms with van der Waals surface area (Å²) >= 11 is 0. The minimum Gasteiger partial charge on any atom is -0.456 e. The zero-order chi connectivity index (χ0) is 26.2. The fraction of sp³-hybridized carbons (Fsp3) is 0. The molecule has 0 unspecified atom stereocenters. The lowest BCUT2D eigenvalue weighted by Gasteiger charge is -2.25. The highest BCUT2D eigenvalue weighted by molar-refractivity contribution is 6.08. The highest BCUT2D eigenvalue weighted by Crippen LogP contribution is 2.42. The molecule has 5 aromatic heterocycles. The standard InChI is InChI=1S/C34H19N3O3/c1-2-6-27-23(5-1)24-12-9-22(19-32(24)40-27)37(20-10-13-28-25(17-20)33-30(38-28)7-3-15-35-33)21-11-14-29-26(18-21)34-31(39-29)8-4-16-36-34/h1-19H. The van der Waals surface area contributed by atoms with E-state index in [0.29, 0.717) is 0 Å². The van der Waals surface area contributed by atoms with Crippen molar-refractivity contribution in [2.24, 2.45) is 0 Å². The Hall–Kier alpha value is -5.62. The van der Waals surface area contributed by atoms with Crippen molar-refractivity contribution < 1.29 is 13.3 Å². The summed E-state index contributed by atoms with van der Waals surface area (Å²) in [4.78, 5) is 11.4. The molecule has 0 aliphatic heterocycles. The van der Waals surface area contributed by atoms with Gasteiger partial charge in [-0.3, -0.25) is 9.97 Å². The van der Waals surface area contributed by atoms with E-state index in [1.54, 1.807) is 12.4 Å². The minimum absolute atomic E-state index is 0.766. The molecule has 40 heavy (non-hydrogen) atoms. The highest BCUT2D eigenvalue weighted by atomic mass is 16.3. The van der Waals surface area contributed by atoms with Crippen LogP contribution in [0.4, 0.5) is 17.1 Å². The van der Waals surface area contributed by atoms with Crippen molar-refractivity contribution in [3.63, 3.8) is 0 Å². The number of benzene rings is 4. The lowest BCUT2D eigenvalue weighted by atomic mass is 10.1. The van der Waals surface area contributed by atoms with Crippen LogP contribution in [0.2, 0.25) is 0 Å². The summed E-state index contributed by atoms with van der Waals surface area (Å²) in [5, 5.41) is 4.10. The van der Waals surface area contributed by atoms with E-state index in [2.05, 4.69) is 63.4 Å². The summed E-state index contributed by atoms with van der Waals surface area (Å²) < 4.78 is 18.4. The molecule has 0 spiro atoms. The average molecular weight is 518 g/mol. The Bertz CT molecular complexity index is 2300. The molecule has 0 amide bonds. The first-order valence-corrected chi connectivity index (χ1v) is 13.1. The Kier molecular flexibility index (Phi) is 4.24. The van der Waals surface area contributed by atoms with Gasteiger partial charge in [0.25, 0.3) is 0 Å². The van der Waals surface area contributed by atoms with Crippen LogP contribution in [0.25, 0.3) is 66.1 Å². The number of hydrogen-bond acceptors (Lipinski definition) is 6. The number of nitrogens with zero attached hydrogens (tertiary/aromatic N) is 3. The van der Waals surface area contributed by atoms with Crippen molar-refractivity contribution in [2.75, 3.05) is 4.90 Å². The minimum atomic E-state index is 0.766. The van der Waals surface area contributed by atoms with Crippen LogP contribution in [-0.4, -0.2) is 9.97 Å². The number of hydrogen-bond donors (Lipinski definition) is 0. The summed E-state index contributed by atoms with van der Waals surface area (Å²) in [6, 6.07) is 34.6. The SMILES string of the molecule is c1ccc2c(c1)oc1cc(N(c3ccc4oc5cccnc5c4c3)c3ccc4oc5cccnc5c4c3)ccc12. The maximum Gasteiger partial charge on any atom is 0.153 e. The molecule has 0 N–H and O–H groups in total. The first kappa shape index (κ1) is 21.3. The van der Waals surface area contributed by atoms with Gasteiger partial charge in [0, 0.05) is 57.1 Å². The number of fused-ring (bicyclic) bond motifs is 9. The van der Waals surface area contributed by atoms with E-state index < -0.39 is 0 Å². The van der Waals surface area contributed by atoms with Crippen LogP contribution in [0.5, 0.6) is 0 Å². The van der Waals surface area contributed by atoms with Crippen LogP contribution in [0.1, 0.15) is 0 Å². The molecule has 6 heteroatoms. The molecule has 188 valence electrons. The monoisotopic (exact) mass is 517 g/mol. The number of rotatable bonds is 3. The molecule has 0 fully saturated rings. The Labute approximate surface area is 226 Å². The van der Waals surface area contributed by atoms with Crippen LogP contribution >= 0.6 is 0 Å². The molecule has 6 nitrogen and oxygen atoms in total. The van der Waals surface area contributed by atoms with Gasteiger partial charge in [0.2, 0.25) is 0 Å². The Morgan fingerprint density at radius 1 is 0.400 bits per heavy atom. The number of para-hydroxylation sites is 1. The van der Waals surface area contributed by atoms with Crippen LogP contribution < -0.4 is 4.90 Å². The van der Waals surface area contributed by atoms with Gasteiger partial charge in [0.1, 0.15) is 33.4 Å². The van der Waals surface area contributed by atoms with E-state index >= 15 is 0 Å². The molecular weight excluding hydrogens is 498 g/mol. The first-order chi connectivity index (χ1) is 19.8. The zero-order valence-electron chi connectivity index (χ0n) is 21.0. The Morgan fingerprint density at radius 3 is 1.57 bits per heavy atom. The van der Waals surface area contributed by atoms with E-state index in [1.807, 2.05) is 54.6 Å². The number of furan rings is 3. The molecule has 0 radical (unpaired) electrons. The van der Waals surface area contributed by atoms with Crippen molar-refractivity contribution in [3.8, 4) is 0 Å². The van der Waals surface area contributed by atoms with Crippen LogP contribution in [0, 0.1) is 0 Å². The lowest BCUT2D eigenvalue weighted by molar-refractivity contribution is 0.668. The first-order valence-electron chi connectivity index (χ1n) is 13.1. The van der Waals surface area contributed by atoms with Gasteiger partial charge in [-0.15, -0.1) is 0 Å². The summed E-state index contributed by atoms with van der Waals surface area (Å²) in [5.74, 6) is 0. The Morgan fingerprint density at radius 2 is 0.900 bits per heavy atom. The molecule has 9 aromatic rings. The van der Waals surface area contributed by atoms with Gasteiger partial charge in [0.05, 0.1) is 0 Å². The molecule has 0 bridgehead atoms. The second-order valence-electron chi connectivity index (χ2n) is 9.88. The zero-order valence-corrected chi connectivity index (χ0v) is 21.0. The fourth-order valence-corrected chi connectivity index (χ4v) is 5.75. The summed E-state index contributed by atoms with van der Waals surface area (Å²) in [6.45, 7) is 0. The molecular formula is C34H19N3O3. The molecule has 0 aliphatic carbocycles. The fourth-order valence-electron chi connectivity index (χ4n) is 5.75. The van der Waals surface area contributed by atoms with Crippen molar-refractivity contribution >= 4 is 83.1 Å². The smallest absolute Gasteiger partial charge is 0.153 e. The van der Waals surface area contributed by atoms with Crippen molar-refractivity contribution in [1.29, 1.82) is 0 Å². The molecule has 0 saturated carbocycles. The second kappa shape index (κ2) is 7.94. The van der Waals surface area contributed by atoms with E-state index in [0.717, 1.165) is 83.1 Å². The topological polar surface area (TPSA) is 68.4 Å². The van der Waals surface area contributed by atoms with E-state index in [1.165, 1.54) is 0 Å². The van der Waals surface area contributed by atoms with Gasteiger partial charge >= 0.3 is 0 Å². The molecule has 4 aromatic carbocycles. The average Bonchev–Trinajstić information content (AvgIpc) is 3.68. The van der Waals surface area contributed by atoms with Crippen molar-refractivity contribution in [1.82, 2.24) is 9.97 Å². The molecule has 0 aliphatic rings. The maximum absolute atomic E-state index is 6.27. The third-order valence-corrected chi connectivity index (χ3v) is 7.55. The maximum atomic E-state index is 6.27. The van der Waals surface area contributed by atoms with Gasteiger partial charge < -0.3 is 18.2 Å². The van der Waals surface area contributed by atoms with Crippen LogP contribution in [0.15, 0.2) is 129 Å². The predicted molar refractivity (Wildman–Crippen MR) is 159 cm³/mol. The largest absolute Gasteiger partial charge is 0.456 e. The molecule has 5 heterocycles. The van der Waals surface area contributed by atoms with Crippen LogP contribution in [0.3, 0.4) is 0 Å². The van der Waals surface area contributed by atoms with E-state index in [-0.39, 0.29) is 0 Å². The van der Waals surface area contributed by atoms with Crippen molar-refractivity contribution in [2.45, 2.75) is 0 Å². The third-order valence-electron chi connectivity index (χ3n) is 7.55. The quantitative estimate of drug-likeness (QED) is 0.232. The second-order valence-corrected chi connectivity index (χ2v) is 9.88. The highest BCUT2D eigenvalue weighted by Gasteiger charge is 2.19. The molecule has 0 saturated heterocycles. The number of aromatic nitrogens is 2. The molecule has 0 atom stereocenters. The van der Waals surface area contributed by atoms with Gasteiger partial charge in [-0.25, -0.2) is 0 Å². The van der Waals surface area contributed by atoms with Crippen LogP contribution in [-0.2, 0) is 0 Å². The predicted octanol–water partition coefficient (Wildman–Crippen LogP) is 9.64. The normalized spacial score (nSPS) is 12.0. The van der Waals surface area contributed by atoms with Gasteiger partial charge in [-0.05, 0) is 78.9 Å². The molecule has 9 rings (SSSR count). The lowest BCUT2D eigenvalue weighted by Crippen LogP contribution is -2.09. The number of pyridine rings is 2. The summed E-state index contributed by atoms with van der Waals surface area (Å²) in [7, 11) is 0. The van der Waals surface area contributed by atoms with E-state index in [9.17, 15) is 0 Å². The van der Waals surface area contributed by atoms with Gasteiger partial charge in [-0.1, -0.05) is 18.2 Å². The van der Waals surface area contributed by atoms with Crippen molar-refractivity contribution in [3.05, 3.63) is 116 Å². The van der Waals surface area contributed by atoms with Gasteiger partial charge in [0.15, 0.2) is 11.2 Å². The number of anilines is 3.